The molecule has 0 radical (unpaired) electrons. The Morgan fingerprint density at radius 2 is 2.00 bits per heavy atom. The summed E-state index contributed by atoms with van der Waals surface area (Å²) in [5.74, 6) is -0.417. The first kappa shape index (κ1) is 14.0. The number of hydrogen-bond acceptors (Lipinski definition) is 4. The Morgan fingerprint density at radius 1 is 1.33 bits per heavy atom. The summed E-state index contributed by atoms with van der Waals surface area (Å²) in [5.41, 5.74) is 7.56. The Morgan fingerprint density at radius 3 is 2.56 bits per heavy atom. The molecule has 0 aliphatic rings. The number of nitrogens with two attached hydrogens (primary N) is 1. The zero-order valence-corrected chi connectivity index (χ0v) is 10.9. The van der Waals surface area contributed by atoms with Gasteiger partial charge in [0.2, 0.25) is 0 Å². The molecule has 0 spiro atoms. The number of carbonyl (C=O) groups excluding carboxylic acids is 2. The van der Waals surface area contributed by atoms with E-state index in [1.54, 1.807) is 26.2 Å². The number of nitrogens with zero attached hydrogens (tertiary/aromatic N) is 1. The molecule has 0 unspecified atom stereocenters. The Bertz CT molecular complexity index is 456. The van der Waals surface area contributed by atoms with Gasteiger partial charge in [-0.1, -0.05) is 6.07 Å². The second-order valence-electron chi connectivity index (χ2n) is 4.20. The lowest BCUT2D eigenvalue weighted by molar-refractivity contribution is -0.140. The third-order valence-corrected chi connectivity index (χ3v) is 2.60. The molecule has 0 atom stereocenters. The fourth-order valence-corrected chi connectivity index (χ4v) is 1.53. The normalized spacial score (nSPS) is 9.94. The molecule has 98 valence electrons. The highest BCUT2D eigenvalue weighted by molar-refractivity contribution is 5.99. The maximum atomic E-state index is 11.9. The van der Waals surface area contributed by atoms with Gasteiger partial charge in [0.15, 0.2) is 0 Å². The highest BCUT2D eigenvalue weighted by atomic mass is 16.5. The van der Waals surface area contributed by atoms with E-state index in [1.807, 2.05) is 6.07 Å². The predicted octanol–water partition coefficient (Wildman–Crippen LogP) is 1.08. The molecule has 0 fully saturated rings. The highest BCUT2D eigenvalue weighted by Crippen LogP contribution is 2.17. The Kier molecular flexibility index (Phi) is 4.71. The number of nitrogen functional groups attached to an aromatic ring is 1. The van der Waals surface area contributed by atoms with E-state index in [1.165, 1.54) is 12.0 Å². The number of rotatable bonds is 4. The van der Waals surface area contributed by atoms with Crippen molar-refractivity contribution in [3.63, 3.8) is 0 Å². The van der Waals surface area contributed by atoms with Crippen LogP contribution in [0.25, 0.3) is 0 Å². The monoisotopic (exact) mass is 250 g/mol. The number of anilines is 1. The third-order valence-electron chi connectivity index (χ3n) is 2.60. The first-order chi connectivity index (χ1) is 8.45. The van der Waals surface area contributed by atoms with Gasteiger partial charge in [-0.2, -0.15) is 0 Å². The summed E-state index contributed by atoms with van der Waals surface area (Å²) in [7, 11) is 4.69. The number of hydrogen-bond donors (Lipinski definition) is 1. The Labute approximate surface area is 107 Å². The zero-order valence-electron chi connectivity index (χ0n) is 10.9. The molecule has 5 nitrogen and oxygen atoms in total. The number of aryl methyl sites for hydroxylation is 1. The molecule has 1 aromatic carbocycles. The number of amides is 1. The molecule has 0 aromatic heterocycles. The van der Waals surface area contributed by atoms with Crippen molar-refractivity contribution in [2.24, 2.45) is 0 Å². The van der Waals surface area contributed by atoms with Crippen molar-refractivity contribution in [1.82, 2.24) is 4.90 Å². The van der Waals surface area contributed by atoms with Gasteiger partial charge in [0.1, 0.15) is 0 Å². The lowest BCUT2D eigenvalue weighted by Crippen LogP contribution is -2.23. The maximum Gasteiger partial charge on any atom is 0.305 e. The molecule has 1 amide bonds. The molecule has 18 heavy (non-hydrogen) atoms. The van der Waals surface area contributed by atoms with E-state index in [-0.39, 0.29) is 18.3 Å². The van der Waals surface area contributed by atoms with E-state index in [9.17, 15) is 9.59 Å². The van der Waals surface area contributed by atoms with E-state index in [0.717, 1.165) is 5.56 Å². The van der Waals surface area contributed by atoms with Crippen LogP contribution in [0.4, 0.5) is 5.69 Å². The SMILES string of the molecule is COC(=O)CCc1ccc(N)c(C(=O)N(C)C)c1. The van der Waals surface area contributed by atoms with Crippen molar-refractivity contribution < 1.29 is 14.3 Å². The molecule has 1 aromatic rings. The Balaban J connectivity index is 2.87. The van der Waals surface area contributed by atoms with Crippen LogP contribution in [0.5, 0.6) is 0 Å². The fraction of sp³-hybridized carbons (Fsp3) is 0.385. The van der Waals surface area contributed by atoms with Crippen LogP contribution in [0.3, 0.4) is 0 Å². The minimum absolute atomic E-state index is 0.146. The van der Waals surface area contributed by atoms with Crippen LogP contribution in [0.15, 0.2) is 18.2 Å². The average molecular weight is 250 g/mol. The van der Waals surface area contributed by atoms with Gasteiger partial charge in [-0.25, -0.2) is 0 Å². The molecule has 0 aliphatic heterocycles. The number of ether oxygens (including phenoxy) is 1. The van der Waals surface area contributed by atoms with Crippen molar-refractivity contribution in [2.75, 3.05) is 26.9 Å². The maximum absolute atomic E-state index is 11.9. The van der Waals surface area contributed by atoms with Gasteiger partial charge in [0, 0.05) is 26.2 Å². The second kappa shape index (κ2) is 6.05. The number of benzene rings is 1. The van der Waals surface area contributed by atoms with Crippen molar-refractivity contribution in [3.05, 3.63) is 29.3 Å². The molecule has 1 rings (SSSR count). The third kappa shape index (κ3) is 3.48. The molecular formula is C13H18N2O3. The summed E-state index contributed by atoms with van der Waals surface area (Å²) in [5, 5.41) is 0. The molecule has 0 saturated carbocycles. The molecule has 0 bridgehead atoms. The van der Waals surface area contributed by atoms with Crippen LogP contribution >= 0.6 is 0 Å². The standard InChI is InChI=1S/C13H18N2O3/c1-15(2)13(17)10-8-9(4-6-11(10)14)5-7-12(16)18-3/h4,6,8H,5,7,14H2,1-3H3. The molecule has 5 heteroatoms. The van der Waals surface area contributed by atoms with E-state index in [4.69, 9.17) is 5.73 Å². The van der Waals surface area contributed by atoms with Crippen molar-refractivity contribution in [1.29, 1.82) is 0 Å². The lowest BCUT2D eigenvalue weighted by Gasteiger charge is -2.13. The van der Waals surface area contributed by atoms with Gasteiger partial charge in [0.05, 0.1) is 12.7 Å². The average Bonchev–Trinajstić information content (AvgIpc) is 2.36. The molecule has 2 N–H and O–H groups in total. The number of methoxy groups -OCH3 is 1. The van der Waals surface area contributed by atoms with Crippen molar-refractivity contribution >= 4 is 17.6 Å². The van der Waals surface area contributed by atoms with Crippen LogP contribution in [0, 0.1) is 0 Å². The molecule has 0 aliphatic carbocycles. The zero-order chi connectivity index (χ0) is 13.7. The van der Waals surface area contributed by atoms with E-state index in [2.05, 4.69) is 4.74 Å². The fourth-order valence-electron chi connectivity index (χ4n) is 1.53. The van der Waals surface area contributed by atoms with Gasteiger partial charge in [-0.05, 0) is 24.1 Å². The van der Waals surface area contributed by atoms with Crippen LogP contribution in [-0.2, 0) is 16.0 Å². The van der Waals surface area contributed by atoms with Crippen LogP contribution in [0.2, 0.25) is 0 Å². The molecular weight excluding hydrogens is 232 g/mol. The van der Waals surface area contributed by atoms with Crippen LogP contribution in [0.1, 0.15) is 22.3 Å². The van der Waals surface area contributed by atoms with Gasteiger partial charge in [-0.15, -0.1) is 0 Å². The van der Waals surface area contributed by atoms with Gasteiger partial charge in [-0.3, -0.25) is 9.59 Å². The van der Waals surface area contributed by atoms with Crippen LogP contribution < -0.4 is 5.73 Å². The van der Waals surface area contributed by atoms with Crippen molar-refractivity contribution in [2.45, 2.75) is 12.8 Å². The minimum Gasteiger partial charge on any atom is -0.469 e. The lowest BCUT2D eigenvalue weighted by atomic mass is 10.0. The summed E-state index contributed by atoms with van der Waals surface area (Å²) in [4.78, 5) is 24.4. The van der Waals surface area contributed by atoms with Crippen LogP contribution in [-0.4, -0.2) is 38.0 Å². The summed E-state index contributed by atoms with van der Waals surface area (Å²) >= 11 is 0. The predicted molar refractivity (Wildman–Crippen MR) is 69.2 cm³/mol. The first-order valence-electron chi connectivity index (χ1n) is 5.62. The highest BCUT2D eigenvalue weighted by Gasteiger charge is 2.12. The molecule has 0 heterocycles. The smallest absolute Gasteiger partial charge is 0.305 e. The summed E-state index contributed by atoms with van der Waals surface area (Å²) in [6, 6.07) is 5.22. The quantitative estimate of drug-likeness (QED) is 0.641. The van der Waals surface area contributed by atoms with E-state index < -0.39 is 0 Å². The van der Waals surface area contributed by atoms with E-state index in [0.29, 0.717) is 17.7 Å². The molecule has 0 saturated heterocycles. The first-order valence-corrected chi connectivity index (χ1v) is 5.62. The summed E-state index contributed by atoms with van der Waals surface area (Å²) in [6.45, 7) is 0. The van der Waals surface area contributed by atoms with Gasteiger partial charge in [0.25, 0.3) is 5.91 Å². The van der Waals surface area contributed by atoms with E-state index >= 15 is 0 Å². The number of esters is 1. The summed E-state index contributed by atoms with van der Waals surface area (Å²) in [6.07, 6.45) is 0.816. The minimum atomic E-state index is -0.271. The number of carbonyl (C=O) groups is 2. The van der Waals surface area contributed by atoms with Gasteiger partial charge < -0.3 is 15.4 Å². The Hall–Kier alpha value is -2.04. The second-order valence-corrected chi connectivity index (χ2v) is 4.20. The van der Waals surface area contributed by atoms with Crippen molar-refractivity contribution in [3.8, 4) is 0 Å². The topological polar surface area (TPSA) is 72.6 Å². The van der Waals surface area contributed by atoms with Gasteiger partial charge >= 0.3 is 5.97 Å². The largest absolute Gasteiger partial charge is 0.469 e. The summed E-state index contributed by atoms with van der Waals surface area (Å²) < 4.78 is 4.57.